The number of hydrogen-bond acceptors (Lipinski definition) is 4. The van der Waals surface area contributed by atoms with E-state index in [2.05, 4.69) is 10.3 Å². The van der Waals surface area contributed by atoms with Crippen LogP contribution in [0.25, 0.3) is 0 Å². The van der Waals surface area contributed by atoms with Crippen LogP contribution in [0.3, 0.4) is 0 Å². The Morgan fingerprint density at radius 2 is 2.12 bits per heavy atom. The normalized spacial score (nSPS) is 17.5. The quantitative estimate of drug-likeness (QED) is 0.616. The van der Waals surface area contributed by atoms with E-state index in [1.54, 1.807) is 26.0 Å². The van der Waals surface area contributed by atoms with E-state index in [0.717, 1.165) is 0 Å². The van der Waals surface area contributed by atoms with Crippen LogP contribution in [-0.2, 0) is 4.79 Å². The molecule has 0 spiro atoms. The lowest BCUT2D eigenvalue weighted by Crippen LogP contribution is -2.34. The van der Waals surface area contributed by atoms with Gasteiger partial charge in [-0.05, 0) is 13.8 Å². The first-order chi connectivity index (χ1) is 7.90. The van der Waals surface area contributed by atoms with E-state index in [-0.39, 0.29) is 11.6 Å². The third-order valence-corrected chi connectivity index (χ3v) is 2.51. The Hall–Kier alpha value is -2.24. The summed E-state index contributed by atoms with van der Waals surface area (Å²) in [5.41, 5.74) is -0.303. The van der Waals surface area contributed by atoms with Crippen LogP contribution in [0.5, 0.6) is 0 Å². The van der Waals surface area contributed by atoms with E-state index in [1.165, 1.54) is 12.1 Å². The fourth-order valence-electron chi connectivity index (χ4n) is 1.52. The molecule has 1 aromatic rings. The van der Waals surface area contributed by atoms with Crippen molar-refractivity contribution in [2.24, 2.45) is 4.99 Å². The molecule has 0 atom stereocenters. The predicted molar refractivity (Wildman–Crippen MR) is 61.9 cm³/mol. The molecule has 0 aliphatic carbocycles. The topological polar surface area (TPSA) is 84.6 Å². The first-order valence-electron chi connectivity index (χ1n) is 5.06. The highest BCUT2D eigenvalue weighted by atomic mass is 16.6. The first-order valence-corrected chi connectivity index (χ1v) is 5.06. The zero-order valence-corrected chi connectivity index (χ0v) is 9.43. The molecule has 1 aromatic carbocycles. The Bertz CT molecular complexity index is 535. The van der Waals surface area contributed by atoms with E-state index >= 15 is 0 Å². The molecule has 0 saturated carbocycles. The van der Waals surface area contributed by atoms with Crippen LogP contribution in [0.15, 0.2) is 29.3 Å². The maximum Gasteiger partial charge on any atom is 0.270 e. The first kappa shape index (κ1) is 11.3. The highest BCUT2D eigenvalue weighted by molar-refractivity contribution is 6.15. The summed E-state index contributed by atoms with van der Waals surface area (Å²) in [6, 6.07) is 6.02. The zero-order valence-electron chi connectivity index (χ0n) is 9.43. The van der Waals surface area contributed by atoms with Crippen molar-refractivity contribution in [3.8, 4) is 0 Å². The standard InChI is InChI=1S/C11H11N3O3/c1-11(2)10(15)12-9(13-11)7-4-3-5-8(6-7)14(16)17/h3-6H,1-2H3,(H,12,13,15). The minimum absolute atomic E-state index is 0.0239. The van der Waals surface area contributed by atoms with Gasteiger partial charge in [0.25, 0.3) is 11.6 Å². The van der Waals surface area contributed by atoms with Crippen LogP contribution < -0.4 is 5.32 Å². The molecule has 0 radical (unpaired) electrons. The number of benzene rings is 1. The molecular weight excluding hydrogens is 222 g/mol. The van der Waals surface area contributed by atoms with Crippen LogP contribution in [-0.4, -0.2) is 22.2 Å². The lowest BCUT2D eigenvalue weighted by molar-refractivity contribution is -0.384. The Labute approximate surface area is 97.5 Å². The van der Waals surface area contributed by atoms with Gasteiger partial charge in [0, 0.05) is 17.7 Å². The summed E-state index contributed by atoms with van der Waals surface area (Å²) in [6.45, 7) is 3.37. The second kappa shape index (κ2) is 3.65. The van der Waals surface area contributed by atoms with Crippen LogP contribution in [0.1, 0.15) is 19.4 Å². The third-order valence-electron chi connectivity index (χ3n) is 2.51. The molecule has 0 saturated heterocycles. The molecule has 0 fully saturated rings. The molecular formula is C11H11N3O3. The Morgan fingerprint density at radius 3 is 2.65 bits per heavy atom. The van der Waals surface area contributed by atoms with Gasteiger partial charge in [0.2, 0.25) is 0 Å². The third kappa shape index (κ3) is 2.01. The molecule has 0 unspecified atom stereocenters. The number of nitrogens with zero attached hydrogens (tertiary/aromatic N) is 2. The molecule has 0 bridgehead atoms. The lowest BCUT2D eigenvalue weighted by Gasteiger charge is -2.07. The highest BCUT2D eigenvalue weighted by Crippen LogP contribution is 2.20. The molecule has 0 aromatic heterocycles. The summed E-state index contributed by atoms with van der Waals surface area (Å²) in [5.74, 6) is 0.169. The number of nitrogens with one attached hydrogen (secondary N) is 1. The number of carbonyl (C=O) groups is 1. The Kier molecular flexibility index (Phi) is 2.42. The molecule has 17 heavy (non-hydrogen) atoms. The van der Waals surface area contributed by atoms with Crippen molar-refractivity contribution in [3.63, 3.8) is 0 Å². The molecule has 2 rings (SSSR count). The van der Waals surface area contributed by atoms with Gasteiger partial charge in [-0.1, -0.05) is 12.1 Å². The summed E-state index contributed by atoms with van der Waals surface area (Å²) in [7, 11) is 0. The fraction of sp³-hybridized carbons (Fsp3) is 0.273. The minimum atomic E-state index is -0.819. The molecule has 1 amide bonds. The van der Waals surface area contributed by atoms with Gasteiger partial charge in [0.05, 0.1) is 4.92 Å². The SMILES string of the molecule is CC1(C)N=C(c2cccc([N+](=O)[O-])c2)NC1=O. The van der Waals surface area contributed by atoms with Crippen LogP contribution in [0.2, 0.25) is 0 Å². The lowest BCUT2D eigenvalue weighted by atomic mass is 10.1. The van der Waals surface area contributed by atoms with Crippen LogP contribution >= 0.6 is 0 Å². The fourth-order valence-corrected chi connectivity index (χ4v) is 1.52. The number of amides is 1. The summed E-state index contributed by atoms with van der Waals surface area (Å²) >= 11 is 0. The maximum atomic E-state index is 11.5. The highest BCUT2D eigenvalue weighted by Gasteiger charge is 2.34. The van der Waals surface area contributed by atoms with Crippen LogP contribution in [0.4, 0.5) is 5.69 Å². The molecule has 88 valence electrons. The van der Waals surface area contributed by atoms with E-state index in [4.69, 9.17) is 0 Å². The summed E-state index contributed by atoms with van der Waals surface area (Å²) in [5, 5.41) is 13.3. The molecule has 1 aliphatic rings. The monoisotopic (exact) mass is 233 g/mol. The summed E-state index contributed by atoms with van der Waals surface area (Å²) < 4.78 is 0. The number of rotatable bonds is 2. The smallest absolute Gasteiger partial charge is 0.270 e. The van der Waals surface area contributed by atoms with Gasteiger partial charge >= 0.3 is 0 Å². The average Bonchev–Trinajstić information content (AvgIpc) is 2.54. The number of carbonyl (C=O) groups excluding carboxylic acids is 1. The van der Waals surface area contributed by atoms with Crippen LogP contribution in [0, 0.1) is 10.1 Å². The summed E-state index contributed by atoms with van der Waals surface area (Å²) in [6.07, 6.45) is 0. The summed E-state index contributed by atoms with van der Waals surface area (Å²) in [4.78, 5) is 25.9. The van der Waals surface area contributed by atoms with Crippen molar-refractivity contribution in [1.29, 1.82) is 0 Å². The number of aliphatic imine (C=N–C) groups is 1. The van der Waals surface area contributed by atoms with Crippen molar-refractivity contribution < 1.29 is 9.72 Å². The number of hydrogen-bond donors (Lipinski definition) is 1. The average molecular weight is 233 g/mol. The second-order valence-corrected chi connectivity index (χ2v) is 4.28. The molecule has 1 N–H and O–H groups in total. The van der Waals surface area contributed by atoms with Crippen molar-refractivity contribution in [3.05, 3.63) is 39.9 Å². The number of non-ortho nitro benzene ring substituents is 1. The van der Waals surface area contributed by atoms with Gasteiger partial charge in [-0.15, -0.1) is 0 Å². The maximum absolute atomic E-state index is 11.5. The minimum Gasteiger partial charge on any atom is -0.308 e. The van der Waals surface area contributed by atoms with E-state index in [0.29, 0.717) is 11.4 Å². The van der Waals surface area contributed by atoms with Crippen molar-refractivity contribution in [2.45, 2.75) is 19.4 Å². The van der Waals surface area contributed by atoms with Gasteiger partial charge in [-0.25, -0.2) is 0 Å². The molecule has 6 nitrogen and oxygen atoms in total. The largest absolute Gasteiger partial charge is 0.308 e. The van der Waals surface area contributed by atoms with Gasteiger partial charge in [0.1, 0.15) is 11.4 Å². The number of nitro benzene ring substituents is 1. The Balaban J connectivity index is 2.40. The van der Waals surface area contributed by atoms with Gasteiger partial charge in [-0.2, -0.15) is 0 Å². The van der Waals surface area contributed by atoms with Gasteiger partial charge in [0.15, 0.2) is 0 Å². The van der Waals surface area contributed by atoms with E-state index in [1.807, 2.05) is 0 Å². The second-order valence-electron chi connectivity index (χ2n) is 4.28. The van der Waals surface area contributed by atoms with Gasteiger partial charge < -0.3 is 5.32 Å². The zero-order chi connectivity index (χ0) is 12.6. The number of amidine groups is 1. The molecule has 6 heteroatoms. The van der Waals surface area contributed by atoms with Gasteiger partial charge in [-0.3, -0.25) is 19.9 Å². The van der Waals surface area contributed by atoms with E-state index in [9.17, 15) is 14.9 Å². The Morgan fingerprint density at radius 1 is 1.41 bits per heavy atom. The van der Waals surface area contributed by atoms with E-state index < -0.39 is 10.5 Å². The predicted octanol–water partition coefficient (Wildman–Crippen LogP) is 1.25. The molecule has 1 aliphatic heterocycles. The number of nitro groups is 1. The van der Waals surface area contributed by atoms with Crippen molar-refractivity contribution in [1.82, 2.24) is 5.32 Å². The van der Waals surface area contributed by atoms with Crippen molar-refractivity contribution >= 4 is 17.4 Å². The molecule has 1 heterocycles. The van der Waals surface area contributed by atoms with Crippen molar-refractivity contribution in [2.75, 3.05) is 0 Å².